The van der Waals surface area contributed by atoms with E-state index in [1.54, 1.807) is 0 Å². The molecule has 0 spiro atoms. The van der Waals surface area contributed by atoms with E-state index in [0.717, 1.165) is 29.5 Å². The number of carbonyl (C=O) groups is 1. The molecule has 2 atom stereocenters. The van der Waals surface area contributed by atoms with E-state index in [9.17, 15) is 4.79 Å². The molecule has 0 aliphatic carbocycles. The van der Waals surface area contributed by atoms with Crippen LogP contribution < -0.4 is 0 Å². The van der Waals surface area contributed by atoms with Gasteiger partial charge >= 0.3 is 0 Å². The summed E-state index contributed by atoms with van der Waals surface area (Å²) in [4.78, 5) is 14.6. The van der Waals surface area contributed by atoms with Crippen molar-refractivity contribution in [3.05, 3.63) is 71.3 Å². The molecular formula is C24H21NO2. The van der Waals surface area contributed by atoms with E-state index in [-0.39, 0.29) is 17.9 Å². The molecule has 2 aromatic rings. The van der Waals surface area contributed by atoms with Crippen molar-refractivity contribution in [2.75, 3.05) is 13.2 Å². The number of amides is 1. The maximum Gasteiger partial charge on any atom is 0.230 e. The van der Waals surface area contributed by atoms with Crippen molar-refractivity contribution in [3.8, 4) is 23.7 Å². The number of fused-ring (bicyclic) bond motifs is 2. The highest BCUT2D eigenvalue weighted by atomic mass is 16.5. The van der Waals surface area contributed by atoms with Crippen LogP contribution in [0.4, 0.5) is 0 Å². The SMILES string of the molecule is O=C1[C@@H]2COCC#Cc3ccccc3C#CCC[C@H]2N1Cc1ccccc1. The number of rotatable bonds is 2. The number of β-lactam (4-membered cyclic amide) rings is 1. The molecule has 4 rings (SSSR count). The second kappa shape index (κ2) is 8.12. The Morgan fingerprint density at radius 1 is 0.963 bits per heavy atom. The summed E-state index contributed by atoms with van der Waals surface area (Å²) in [6.07, 6.45) is 1.62. The van der Waals surface area contributed by atoms with Crippen LogP contribution in [0.5, 0.6) is 0 Å². The van der Waals surface area contributed by atoms with Crippen molar-refractivity contribution >= 4 is 5.91 Å². The molecule has 134 valence electrons. The van der Waals surface area contributed by atoms with E-state index < -0.39 is 0 Å². The van der Waals surface area contributed by atoms with E-state index in [0.29, 0.717) is 19.8 Å². The van der Waals surface area contributed by atoms with Gasteiger partial charge in [0.05, 0.1) is 12.5 Å². The lowest BCUT2D eigenvalue weighted by molar-refractivity contribution is -0.162. The Bertz CT molecular complexity index is 943. The molecular weight excluding hydrogens is 334 g/mol. The number of ether oxygens (including phenoxy) is 1. The summed E-state index contributed by atoms with van der Waals surface area (Å²) in [6, 6.07) is 18.2. The Morgan fingerprint density at radius 3 is 2.44 bits per heavy atom. The first-order valence-corrected chi connectivity index (χ1v) is 9.32. The first-order chi connectivity index (χ1) is 13.3. The van der Waals surface area contributed by atoms with Gasteiger partial charge in [0.25, 0.3) is 0 Å². The molecule has 2 aliphatic heterocycles. The van der Waals surface area contributed by atoms with Gasteiger partial charge in [0, 0.05) is 30.1 Å². The molecule has 2 aliphatic rings. The van der Waals surface area contributed by atoms with Gasteiger partial charge in [-0.25, -0.2) is 0 Å². The molecule has 0 bridgehead atoms. The smallest absolute Gasteiger partial charge is 0.230 e. The third-order valence-corrected chi connectivity index (χ3v) is 5.07. The second-order valence-corrected chi connectivity index (χ2v) is 6.83. The largest absolute Gasteiger partial charge is 0.368 e. The molecule has 1 saturated heterocycles. The molecule has 0 N–H and O–H groups in total. The Labute approximate surface area is 160 Å². The van der Waals surface area contributed by atoms with Crippen molar-refractivity contribution in [1.82, 2.24) is 4.90 Å². The summed E-state index contributed by atoms with van der Waals surface area (Å²) in [7, 11) is 0. The molecule has 1 fully saturated rings. The van der Waals surface area contributed by atoms with Crippen LogP contribution in [0.3, 0.4) is 0 Å². The lowest BCUT2D eigenvalue weighted by atomic mass is 9.84. The summed E-state index contributed by atoms with van der Waals surface area (Å²) >= 11 is 0. The van der Waals surface area contributed by atoms with Crippen molar-refractivity contribution in [2.45, 2.75) is 25.4 Å². The number of carbonyl (C=O) groups excluding carboxylic acids is 1. The molecule has 0 unspecified atom stereocenters. The average Bonchev–Trinajstić information content (AvgIpc) is 2.72. The lowest BCUT2D eigenvalue weighted by Gasteiger charge is -2.47. The Hall–Kier alpha value is -3.01. The topological polar surface area (TPSA) is 29.5 Å². The van der Waals surface area contributed by atoms with E-state index >= 15 is 0 Å². The van der Waals surface area contributed by atoms with Gasteiger partial charge in [-0.3, -0.25) is 4.79 Å². The third-order valence-electron chi connectivity index (χ3n) is 5.07. The predicted octanol–water partition coefficient (Wildman–Crippen LogP) is 3.23. The fourth-order valence-electron chi connectivity index (χ4n) is 3.64. The van der Waals surface area contributed by atoms with Crippen LogP contribution in [0.25, 0.3) is 0 Å². The quantitative estimate of drug-likeness (QED) is 0.611. The van der Waals surface area contributed by atoms with Gasteiger partial charge in [0.15, 0.2) is 0 Å². The van der Waals surface area contributed by atoms with Gasteiger partial charge in [-0.05, 0) is 24.1 Å². The molecule has 1 amide bonds. The van der Waals surface area contributed by atoms with Crippen LogP contribution in [-0.2, 0) is 16.1 Å². The molecule has 3 heteroatoms. The number of hydrogen-bond donors (Lipinski definition) is 0. The monoisotopic (exact) mass is 355 g/mol. The first-order valence-electron chi connectivity index (χ1n) is 9.32. The van der Waals surface area contributed by atoms with E-state index in [2.05, 4.69) is 35.8 Å². The molecule has 27 heavy (non-hydrogen) atoms. The van der Waals surface area contributed by atoms with Gasteiger partial charge in [0.1, 0.15) is 6.61 Å². The summed E-state index contributed by atoms with van der Waals surface area (Å²) < 4.78 is 5.70. The summed E-state index contributed by atoms with van der Waals surface area (Å²) in [5, 5.41) is 0. The summed E-state index contributed by atoms with van der Waals surface area (Å²) in [5.74, 6) is 12.8. The molecule has 2 heterocycles. The highest BCUT2D eigenvalue weighted by molar-refractivity contribution is 5.86. The van der Waals surface area contributed by atoms with Crippen molar-refractivity contribution in [2.24, 2.45) is 5.92 Å². The molecule has 3 nitrogen and oxygen atoms in total. The maximum atomic E-state index is 12.6. The predicted molar refractivity (Wildman–Crippen MR) is 105 cm³/mol. The fraction of sp³-hybridized carbons (Fsp3) is 0.292. The zero-order chi connectivity index (χ0) is 18.5. The normalized spacial score (nSPS) is 21.5. The minimum Gasteiger partial charge on any atom is -0.368 e. The first kappa shape index (κ1) is 17.4. The molecule has 0 radical (unpaired) electrons. The van der Waals surface area contributed by atoms with E-state index in [1.807, 2.05) is 47.4 Å². The number of nitrogens with zero attached hydrogens (tertiary/aromatic N) is 1. The summed E-state index contributed by atoms with van der Waals surface area (Å²) in [6.45, 7) is 1.41. The van der Waals surface area contributed by atoms with Crippen LogP contribution in [0, 0.1) is 29.6 Å². The van der Waals surface area contributed by atoms with Gasteiger partial charge in [0.2, 0.25) is 5.91 Å². The second-order valence-electron chi connectivity index (χ2n) is 6.83. The molecule has 2 aromatic carbocycles. The minimum atomic E-state index is -0.0829. The third kappa shape index (κ3) is 3.90. The lowest BCUT2D eigenvalue weighted by Crippen LogP contribution is -2.61. The molecule has 0 saturated carbocycles. The zero-order valence-electron chi connectivity index (χ0n) is 15.2. The Balaban J connectivity index is 1.52. The maximum absolute atomic E-state index is 12.6. The number of hydrogen-bond acceptors (Lipinski definition) is 2. The van der Waals surface area contributed by atoms with Crippen molar-refractivity contribution < 1.29 is 9.53 Å². The van der Waals surface area contributed by atoms with Crippen molar-refractivity contribution in [1.29, 1.82) is 0 Å². The zero-order valence-corrected chi connectivity index (χ0v) is 15.2. The fourth-order valence-corrected chi connectivity index (χ4v) is 3.64. The van der Waals surface area contributed by atoms with Gasteiger partial charge in [-0.1, -0.05) is 66.1 Å². The van der Waals surface area contributed by atoms with Crippen molar-refractivity contribution in [3.63, 3.8) is 0 Å². The van der Waals surface area contributed by atoms with Crippen LogP contribution in [-0.4, -0.2) is 30.1 Å². The highest BCUT2D eigenvalue weighted by Gasteiger charge is 2.46. The number of likely N-dealkylation sites (tertiary alicyclic amines) is 1. The Morgan fingerprint density at radius 2 is 1.67 bits per heavy atom. The average molecular weight is 355 g/mol. The highest BCUT2D eigenvalue weighted by Crippen LogP contribution is 2.32. The van der Waals surface area contributed by atoms with Gasteiger partial charge in [-0.15, -0.1) is 0 Å². The van der Waals surface area contributed by atoms with E-state index in [4.69, 9.17) is 4.74 Å². The van der Waals surface area contributed by atoms with E-state index in [1.165, 1.54) is 0 Å². The summed E-state index contributed by atoms with van der Waals surface area (Å²) in [5.41, 5.74) is 3.03. The van der Waals surface area contributed by atoms with Gasteiger partial charge < -0.3 is 9.64 Å². The minimum absolute atomic E-state index is 0.0829. The van der Waals surface area contributed by atoms with Crippen LogP contribution in [0.1, 0.15) is 29.5 Å². The Kier molecular flexibility index (Phi) is 5.24. The standard InChI is InChI=1S/C24H21NO2/c26-24-22-18-27-16-8-14-21-12-5-4-11-20(21)13-6-7-15-23(22)25(24)17-19-9-2-1-3-10-19/h1-5,9-12,22-23H,7,15-18H2/t22-,23-/m1/s1. The van der Waals surface area contributed by atoms with Crippen LogP contribution in [0.15, 0.2) is 54.6 Å². The van der Waals surface area contributed by atoms with Gasteiger partial charge in [-0.2, -0.15) is 0 Å². The number of benzene rings is 2. The molecule has 0 aromatic heterocycles. The van der Waals surface area contributed by atoms with Crippen LogP contribution >= 0.6 is 0 Å². The van der Waals surface area contributed by atoms with Crippen LogP contribution in [0.2, 0.25) is 0 Å².